The average Bonchev–Trinajstić information content (AvgIpc) is 4.09. The number of alkyl halides is 5. The Morgan fingerprint density at radius 3 is 2.31 bits per heavy atom. The van der Waals surface area contributed by atoms with Gasteiger partial charge in [-0.3, -0.25) is 18.9 Å². The molecule has 0 unspecified atom stereocenters. The molecule has 1 aliphatic heterocycles. The Morgan fingerprint density at radius 1 is 1.02 bits per heavy atom. The number of hydrogen-bond donors (Lipinski definition) is 2. The van der Waals surface area contributed by atoms with Gasteiger partial charge in [0, 0.05) is 28.7 Å². The Kier molecular flexibility index (Phi) is 10.7. The lowest BCUT2D eigenvalue weighted by Crippen LogP contribution is -2.35. The number of aromatic nitrogens is 5. The molecular formula is C42H37ClF7N7O6S2. The summed E-state index contributed by atoms with van der Waals surface area (Å²) in [5, 5.41) is 10.3. The van der Waals surface area contributed by atoms with Crippen molar-refractivity contribution in [3.63, 3.8) is 0 Å². The van der Waals surface area contributed by atoms with Gasteiger partial charge in [-0.05, 0) is 87.3 Å². The molecule has 1 saturated heterocycles. The van der Waals surface area contributed by atoms with Crippen molar-refractivity contribution in [3.8, 4) is 23.0 Å². The van der Waals surface area contributed by atoms with E-state index >= 15 is 8.78 Å². The van der Waals surface area contributed by atoms with Gasteiger partial charge in [-0.25, -0.2) is 30.6 Å². The van der Waals surface area contributed by atoms with E-state index in [1.54, 1.807) is 6.07 Å². The molecule has 0 spiro atoms. The molecule has 13 nitrogen and oxygen atoms in total. The highest BCUT2D eigenvalue weighted by atomic mass is 35.5. The molecule has 3 fully saturated rings. The molecule has 23 heteroatoms. The zero-order chi connectivity index (χ0) is 46.8. The summed E-state index contributed by atoms with van der Waals surface area (Å²) in [6, 6.07) is 6.55. The summed E-state index contributed by atoms with van der Waals surface area (Å²) in [5.41, 5.74) is -2.71. The van der Waals surface area contributed by atoms with E-state index in [-0.39, 0.29) is 69.5 Å². The lowest BCUT2D eigenvalue weighted by atomic mass is 9.93. The smallest absolute Gasteiger partial charge is 0.377 e. The predicted molar refractivity (Wildman–Crippen MR) is 222 cm³/mol. The van der Waals surface area contributed by atoms with Crippen molar-refractivity contribution >= 4 is 54.1 Å². The topological polar surface area (TPSA) is 167 Å². The summed E-state index contributed by atoms with van der Waals surface area (Å²) in [7, 11) is -7.65. The molecular weight excluding hydrogens is 931 g/mol. The van der Waals surface area contributed by atoms with Crippen LogP contribution in [0, 0.1) is 29.4 Å². The number of ether oxygens (including phenoxy) is 1. The van der Waals surface area contributed by atoms with Gasteiger partial charge in [0.2, 0.25) is 15.9 Å². The molecule has 2 N–H and O–H groups in total. The van der Waals surface area contributed by atoms with E-state index in [0.717, 1.165) is 18.4 Å². The predicted octanol–water partition coefficient (Wildman–Crippen LogP) is 7.20. The molecule has 9 rings (SSSR count). The zero-order valence-corrected chi connectivity index (χ0v) is 36.8. The minimum atomic E-state index is -5.12. The van der Waals surface area contributed by atoms with E-state index in [1.165, 1.54) is 36.7 Å². The zero-order valence-electron chi connectivity index (χ0n) is 34.4. The van der Waals surface area contributed by atoms with Gasteiger partial charge >= 0.3 is 6.18 Å². The van der Waals surface area contributed by atoms with Gasteiger partial charge in [-0.1, -0.05) is 23.6 Å². The summed E-state index contributed by atoms with van der Waals surface area (Å²) in [6.45, 7) is 2.07. The number of anilines is 1. The molecule has 5 aromatic rings. The number of fused-ring (bicyclic) bond motifs is 4. The Labute approximate surface area is 372 Å². The Balaban J connectivity index is 1.22. The third-order valence-electron chi connectivity index (χ3n) is 12.0. The number of carbonyl (C=O) groups excluding carboxylic acids is 1. The van der Waals surface area contributed by atoms with Crippen LogP contribution in [0.5, 0.6) is 0 Å². The first-order chi connectivity index (χ1) is 30.3. The molecule has 4 aliphatic rings. The van der Waals surface area contributed by atoms with E-state index in [9.17, 15) is 43.6 Å². The van der Waals surface area contributed by atoms with Crippen LogP contribution in [0.4, 0.5) is 36.6 Å². The molecule has 3 aromatic heterocycles. The third-order valence-corrected chi connectivity index (χ3v) is 15.7. The number of nitrogens with one attached hydrogen (secondary N) is 2. The number of sulfonamides is 1. The van der Waals surface area contributed by atoms with Crippen molar-refractivity contribution in [1.29, 1.82) is 0 Å². The van der Waals surface area contributed by atoms with E-state index in [4.69, 9.17) is 21.3 Å². The molecule has 2 aromatic carbocycles. The van der Waals surface area contributed by atoms with Crippen LogP contribution in [0.25, 0.3) is 22.0 Å². The van der Waals surface area contributed by atoms with Crippen molar-refractivity contribution in [3.05, 3.63) is 93.0 Å². The van der Waals surface area contributed by atoms with E-state index in [2.05, 4.69) is 32.1 Å². The average molecular weight is 968 g/mol. The monoisotopic (exact) mass is 967 g/mol. The minimum Gasteiger partial charge on any atom is -0.377 e. The highest BCUT2D eigenvalue weighted by Gasteiger charge is 2.68. The SMILES string of the molecule is CC(C)(C#Cc1ccc(-c2ccc(Cl)c3c(NS(C)(=O)=O)nn(C4COC4)c23)c([C@H](Cc2cc(F)cc(F)c2)NC(=O)Cn2nc(C(F)(F)F)c3c2C(F)(F)[C@@H]2C[C@H]32)n1)S(=O)(=O)C1CC1. The number of halogens is 8. The number of nitrogens with zero attached hydrogens (tertiary/aromatic N) is 5. The molecule has 0 radical (unpaired) electrons. The number of rotatable bonds is 12. The maximum absolute atomic E-state index is 15.6. The molecule has 3 aliphatic carbocycles. The molecule has 65 heavy (non-hydrogen) atoms. The van der Waals surface area contributed by atoms with Crippen LogP contribution < -0.4 is 10.0 Å². The first-order valence-corrected chi connectivity index (χ1v) is 24.0. The van der Waals surface area contributed by atoms with E-state index < -0.39 is 113 Å². The summed E-state index contributed by atoms with van der Waals surface area (Å²) < 4.78 is 163. The summed E-state index contributed by atoms with van der Waals surface area (Å²) in [5.74, 6) is -3.89. The summed E-state index contributed by atoms with van der Waals surface area (Å²) >= 11 is 6.73. The minimum absolute atomic E-state index is 0.0443. The van der Waals surface area contributed by atoms with Crippen LogP contribution >= 0.6 is 11.6 Å². The second-order valence-electron chi connectivity index (χ2n) is 17.3. The number of amides is 1. The largest absolute Gasteiger partial charge is 0.435 e. The van der Waals surface area contributed by atoms with Crippen LogP contribution in [-0.2, 0) is 54.5 Å². The maximum atomic E-state index is 15.6. The Hall–Kier alpha value is -5.24. The molecule has 344 valence electrons. The van der Waals surface area contributed by atoms with E-state index in [1.807, 2.05) is 0 Å². The fraction of sp³-hybridized carbons (Fsp3) is 0.429. The highest BCUT2D eigenvalue weighted by Crippen LogP contribution is 2.68. The highest BCUT2D eigenvalue weighted by molar-refractivity contribution is 7.93. The van der Waals surface area contributed by atoms with Gasteiger partial charge in [0.15, 0.2) is 21.3 Å². The first-order valence-electron chi connectivity index (χ1n) is 20.2. The van der Waals surface area contributed by atoms with Gasteiger partial charge < -0.3 is 10.1 Å². The fourth-order valence-corrected chi connectivity index (χ4v) is 11.1. The first kappa shape index (κ1) is 44.9. The quantitative estimate of drug-likeness (QED) is 0.0971. The number of benzene rings is 2. The summed E-state index contributed by atoms with van der Waals surface area (Å²) in [6.07, 6.45) is -3.89. The van der Waals surface area contributed by atoms with Gasteiger partial charge in [0.25, 0.3) is 5.92 Å². The summed E-state index contributed by atoms with van der Waals surface area (Å²) in [4.78, 5) is 18.9. The van der Waals surface area contributed by atoms with E-state index in [0.29, 0.717) is 23.6 Å². The second kappa shape index (κ2) is 15.4. The second-order valence-corrected chi connectivity index (χ2v) is 22.2. The number of carbonyl (C=O) groups is 1. The van der Waals surface area contributed by atoms with Crippen molar-refractivity contribution < 1.29 is 57.1 Å². The normalized spacial score (nSPS) is 19.8. The van der Waals surface area contributed by atoms with Crippen molar-refractivity contribution in [1.82, 2.24) is 29.9 Å². The van der Waals surface area contributed by atoms with Crippen LogP contribution in [0.15, 0.2) is 42.5 Å². The van der Waals surface area contributed by atoms with Gasteiger partial charge in [-0.2, -0.15) is 32.1 Å². The third kappa shape index (κ3) is 8.22. The van der Waals surface area contributed by atoms with Crippen LogP contribution in [-0.4, -0.2) is 76.8 Å². The van der Waals surface area contributed by atoms with Crippen molar-refractivity contribution in [2.75, 3.05) is 24.2 Å². The van der Waals surface area contributed by atoms with Gasteiger partial charge in [0.1, 0.15) is 34.3 Å². The molecule has 0 bridgehead atoms. The molecule has 4 heterocycles. The standard InChI is InChI=1S/C42H37ClF7N7O6S2/c1-40(2,65(61,62)25-5-6-25)11-10-23-4-7-26(27-8-9-30(43)34-36(27)57(24-18-63-19-24)54-39(34)55-64(3,59)60)35(51-23)31(14-20-12-21(44)15-22(45)13-20)52-32(58)17-56-38-33(37(53-56)42(48,49)50)28-16-29(28)41(38,46)47/h4,7-9,12-13,15,24-25,28-29,31H,5-6,14,16-19H2,1-3H3,(H,52,58)(H,54,55)/t28-,29+,31-/m0/s1. The Bertz CT molecular complexity index is 3100. The van der Waals surface area contributed by atoms with Crippen molar-refractivity contribution in [2.24, 2.45) is 5.92 Å². The van der Waals surface area contributed by atoms with Gasteiger partial charge in [0.05, 0.1) is 58.4 Å². The number of sulfone groups is 1. The molecule has 2 saturated carbocycles. The maximum Gasteiger partial charge on any atom is 0.435 e. The van der Waals surface area contributed by atoms with Crippen molar-refractivity contribution in [2.45, 2.75) is 86.2 Å². The number of pyridine rings is 1. The number of hydrogen-bond acceptors (Lipinski definition) is 9. The van der Waals surface area contributed by atoms with Crippen LogP contribution in [0.3, 0.4) is 0 Å². The van der Waals surface area contributed by atoms with Crippen LogP contribution in [0.1, 0.15) is 85.0 Å². The molecule has 3 atom stereocenters. The molecule has 1 amide bonds. The lowest BCUT2D eigenvalue weighted by Gasteiger charge is -2.28. The Morgan fingerprint density at radius 2 is 1.69 bits per heavy atom. The fourth-order valence-electron chi connectivity index (χ4n) is 8.60. The lowest BCUT2D eigenvalue weighted by molar-refractivity contribution is -0.142. The van der Waals surface area contributed by atoms with Crippen LogP contribution in [0.2, 0.25) is 5.02 Å². The van der Waals surface area contributed by atoms with Gasteiger partial charge in [-0.15, -0.1) is 0 Å².